The Morgan fingerprint density at radius 3 is 2.53 bits per heavy atom. The van der Waals surface area contributed by atoms with Gasteiger partial charge in [-0.2, -0.15) is 0 Å². The number of fused-ring (bicyclic) bond motifs is 1. The maximum absolute atomic E-state index is 11.2. The molecule has 184 valence electrons. The van der Waals surface area contributed by atoms with Crippen molar-refractivity contribution in [2.45, 2.75) is 71.4 Å². The predicted molar refractivity (Wildman–Crippen MR) is 133 cm³/mol. The van der Waals surface area contributed by atoms with Gasteiger partial charge in [0.2, 0.25) is 0 Å². The molecule has 2 aromatic carbocycles. The Kier molecular flexibility index (Phi) is 9.52. The topological polar surface area (TPSA) is 87.1 Å². The Labute approximate surface area is 202 Å². The summed E-state index contributed by atoms with van der Waals surface area (Å²) in [6.45, 7) is 6.64. The molecule has 0 amide bonds. The van der Waals surface area contributed by atoms with Crippen molar-refractivity contribution in [2.24, 2.45) is 5.92 Å². The standard InChI is InChI=1S/C28H37NO5/c1-20(2)15-17-34-26-7-5-6-22-13-14-24(18-25(22)26)29(16-4-3-8-27(30)31)19-21-9-11-23(12-10-21)28(32)33/h5-7,9-12,20,24H,3-4,8,13-19H2,1-2H3,(H,30,31)(H,32,33). The summed E-state index contributed by atoms with van der Waals surface area (Å²) in [5.74, 6) is -0.0999. The fourth-order valence-corrected chi connectivity index (χ4v) is 4.56. The average Bonchev–Trinajstić information content (AvgIpc) is 2.81. The monoisotopic (exact) mass is 467 g/mol. The summed E-state index contributed by atoms with van der Waals surface area (Å²) in [4.78, 5) is 24.6. The van der Waals surface area contributed by atoms with Crippen molar-refractivity contribution in [3.05, 3.63) is 64.7 Å². The van der Waals surface area contributed by atoms with Gasteiger partial charge in [-0.1, -0.05) is 38.1 Å². The molecule has 0 radical (unpaired) electrons. The largest absolute Gasteiger partial charge is 0.493 e. The average molecular weight is 468 g/mol. The van der Waals surface area contributed by atoms with Crippen molar-refractivity contribution < 1.29 is 24.5 Å². The second kappa shape index (κ2) is 12.6. The maximum atomic E-state index is 11.2. The molecule has 0 fully saturated rings. The molecule has 2 N–H and O–H groups in total. The number of hydrogen-bond acceptors (Lipinski definition) is 4. The summed E-state index contributed by atoms with van der Waals surface area (Å²) in [5.41, 5.74) is 4.00. The van der Waals surface area contributed by atoms with Gasteiger partial charge in [-0.25, -0.2) is 4.79 Å². The fourth-order valence-electron chi connectivity index (χ4n) is 4.56. The van der Waals surface area contributed by atoms with E-state index in [9.17, 15) is 14.7 Å². The van der Waals surface area contributed by atoms with Gasteiger partial charge in [-0.15, -0.1) is 0 Å². The highest BCUT2D eigenvalue weighted by Crippen LogP contribution is 2.32. The van der Waals surface area contributed by atoms with Gasteiger partial charge in [0.25, 0.3) is 0 Å². The van der Waals surface area contributed by atoms with Gasteiger partial charge in [0.1, 0.15) is 5.75 Å². The molecule has 1 aliphatic rings. The normalized spacial score (nSPS) is 15.4. The van der Waals surface area contributed by atoms with E-state index in [1.807, 2.05) is 12.1 Å². The molecule has 34 heavy (non-hydrogen) atoms. The Balaban J connectivity index is 1.74. The molecule has 0 saturated heterocycles. The number of ether oxygens (including phenoxy) is 1. The third kappa shape index (κ3) is 7.59. The number of carboxylic acid groups (broad SMARTS) is 2. The number of aryl methyl sites for hydroxylation is 1. The van der Waals surface area contributed by atoms with Gasteiger partial charge in [0.05, 0.1) is 12.2 Å². The third-order valence-corrected chi connectivity index (χ3v) is 6.56. The van der Waals surface area contributed by atoms with Crippen molar-refractivity contribution in [3.8, 4) is 5.75 Å². The van der Waals surface area contributed by atoms with E-state index >= 15 is 0 Å². The number of carboxylic acids is 2. The molecule has 6 heteroatoms. The van der Waals surface area contributed by atoms with Crippen LogP contribution in [0.4, 0.5) is 0 Å². The molecule has 6 nitrogen and oxygen atoms in total. The minimum Gasteiger partial charge on any atom is -0.493 e. The highest BCUT2D eigenvalue weighted by Gasteiger charge is 2.26. The van der Waals surface area contributed by atoms with Crippen molar-refractivity contribution in [1.82, 2.24) is 4.90 Å². The number of aromatic carboxylic acids is 1. The number of nitrogens with zero attached hydrogens (tertiary/aromatic N) is 1. The van der Waals surface area contributed by atoms with Gasteiger partial charge in [-0.3, -0.25) is 9.69 Å². The number of unbranched alkanes of at least 4 members (excludes halogenated alkanes) is 1. The molecule has 3 rings (SSSR count). The first-order valence-corrected chi connectivity index (χ1v) is 12.3. The molecule has 2 aromatic rings. The van der Waals surface area contributed by atoms with E-state index in [0.717, 1.165) is 50.0 Å². The van der Waals surface area contributed by atoms with E-state index in [1.165, 1.54) is 11.1 Å². The summed E-state index contributed by atoms with van der Waals surface area (Å²) < 4.78 is 6.18. The first-order chi connectivity index (χ1) is 16.3. The zero-order chi connectivity index (χ0) is 24.5. The Morgan fingerprint density at radius 1 is 1.09 bits per heavy atom. The Bertz CT molecular complexity index is 954. The predicted octanol–water partition coefficient (Wildman–Crippen LogP) is 5.42. The van der Waals surface area contributed by atoms with Crippen LogP contribution >= 0.6 is 0 Å². The van der Waals surface area contributed by atoms with Gasteiger partial charge < -0.3 is 14.9 Å². The molecule has 0 heterocycles. The molecule has 0 aromatic heterocycles. The number of benzene rings is 2. The lowest BCUT2D eigenvalue weighted by Crippen LogP contribution is -2.39. The number of hydrogen-bond donors (Lipinski definition) is 2. The third-order valence-electron chi connectivity index (χ3n) is 6.56. The van der Waals surface area contributed by atoms with E-state index in [0.29, 0.717) is 31.5 Å². The summed E-state index contributed by atoms with van der Waals surface area (Å²) in [6.07, 6.45) is 5.60. The minimum absolute atomic E-state index is 0.183. The van der Waals surface area contributed by atoms with Crippen LogP contribution in [0.25, 0.3) is 0 Å². The van der Waals surface area contributed by atoms with Crippen LogP contribution in [0.3, 0.4) is 0 Å². The maximum Gasteiger partial charge on any atom is 0.335 e. The van der Waals surface area contributed by atoms with Crippen LogP contribution in [0, 0.1) is 5.92 Å². The molecule has 0 aliphatic heterocycles. The summed E-state index contributed by atoms with van der Waals surface area (Å²) in [7, 11) is 0. The summed E-state index contributed by atoms with van der Waals surface area (Å²) >= 11 is 0. The lowest BCUT2D eigenvalue weighted by molar-refractivity contribution is -0.137. The van der Waals surface area contributed by atoms with Gasteiger partial charge in [0, 0.05) is 19.0 Å². The van der Waals surface area contributed by atoms with E-state index in [-0.39, 0.29) is 12.0 Å². The van der Waals surface area contributed by atoms with Crippen LogP contribution in [0.2, 0.25) is 0 Å². The second-order valence-corrected chi connectivity index (χ2v) is 9.64. The van der Waals surface area contributed by atoms with E-state index < -0.39 is 11.9 Å². The smallest absolute Gasteiger partial charge is 0.335 e. The van der Waals surface area contributed by atoms with Crippen molar-refractivity contribution in [1.29, 1.82) is 0 Å². The Morgan fingerprint density at radius 2 is 1.85 bits per heavy atom. The van der Waals surface area contributed by atoms with Crippen LogP contribution in [0.5, 0.6) is 5.75 Å². The van der Waals surface area contributed by atoms with Crippen molar-refractivity contribution in [2.75, 3.05) is 13.2 Å². The first-order valence-electron chi connectivity index (χ1n) is 12.3. The van der Waals surface area contributed by atoms with Crippen LogP contribution < -0.4 is 4.74 Å². The van der Waals surface area contributed by atoms with E-state index in [4.69, 9.17) is 9.84 Å². The molecular weight excluding hydrogens is 430 g/mol. The van der Waals surface area contributed by atoms with Crippen LogP contribution in [0.1, 0.15) is 73.0 Å². The van der Waals surface area contributed by atoms with E-state index in [1.54, 1.807) is 12.1 Å². The van der Waals surface area contributed by atoms with Crippen molar-refractivity contribution in [3.63, 3.8) is 0 Å². The molecule has 0 saturated carbocycles. The van der Waals surface area contributed by atoms with Crippen LogP contribution in [-0.2, 0) is 24.2 Å². The first kappa shape index (κ1) is 25.8. The quantitative estimate of drug-likeness (QED) is 0.382. The minimum atomic E-state index is -0.925. The highest BCUT2D eigenvalue weighted by atomic mass is 16.5. The highest BCUT2D eigenvalue weighted by molar-refractivity contribution is 5.87. The molecular formula is C28H37NO5. The summed E-state index contributed by atoms with van der Waals surface area (Å²) in [5, 5.41) is 18.2. The lowest BCUT2D eigenvalue weighted by atomic mass is 9.86. The Hall–Kier alpha value is -2.86. The van der Waals surface area contributed by atoms with Gasteiger partial charge in [0.15, 0.2) is 0 Å². The number of aliphatic carboxylic acids is 1. The van der Waals surface area contributed by atoms with Crippen LogP contribution in [0.15, 0.2) is 42.5 Å². The molecule has 1 aliphatic carbocycles. The zero-order valence-corrected chi connectivity index (χ0v) is 20.3. The molecule has 0 spiro atoms. The molecule has 1 atom stereocenters. The van der Waals surface area contributed by atoms with Gasteiger partial charge >= 0.3 is 11.9 Å². The van der Waals surface area contributed by atoms with Gasteiger partial charge in [-0.05, 0) is 85.9 Å². The number of carbonyl (C=O) groups is 2. The second-order valence-electron chi connectivity index (χ2n) is 9.64. The fraction of sp³-hybridized carbons (Fsp3) is 0.500. The number of rotatable bonds is 13. The van der Waals surface area contributed by atoms with E-state index in [2.05, 4.69) is 36.9 Å². The van der Waals surface area contributed by atoms with Crippen molar-refractivity contribution >= 4 is 11.9 Å². The summed E-state index contributed by atoms with van der Waals surface area (Å²) in [6, 6.07) is 13.7. The molecule has 0 bridgehead atoms. The SMILES string of the molecule is CC(C)CCOc1cccc2c1CC(N(CCCCC(=O)O)Cc1ccc(C(=O)O)cc1)CC2. The zero-order valence-electron chi connectivity index (χ0n) is 20.3. The van der Waals surface area contributed by atoms with Crippen LogP contribution in [-0.4, -0.2) is 46.2 Å². The lowest BCUT2D eigenvalue weighted by Gasteiger charge is -2.36. The molecule has 1 unspecified atom stereocenters.